The van der Waals surface area contributed by atoms with E-state index in [4.69, 9.17) is 35.9 Å². The molecule has 0 aromatic heterocycles. The highest BCUT2D eigenvalue weighted by atomic mass is 19.1. The molecule has 0 unspecified atom stereocenters. The number of nitrogens with one attached hydrogen (secondary N) is 2. The van der Waals surface area contributed by atoms with E-state index < -0.39 is 60.3 Å². The molecule has 0 aliphatic carbocycles. The van der Waals surface area contributed by atoms with Crippen LogP contribution < -0.4 is 16.4 Å². The van der Waals surface area contributed by atoms with E-state index >= 15 is 0 Å². The summed E-state index contributed by atoms with van der Waals surface area (Å²) in [6.45, 7) is 19.3. The van der Waals surface area contributed by atoms with Gasteiger partial charge in [0.25, 0.3) is 5.91 Å². The van der Waals surface area contributed by atoms with Crippen molar-refractivity contribution in [3.05, 3.63) is 154 Å². The zero-order chi connectivity index (χ0) is 61.9. The molecule has 0 bridgehead atoms. The Bertz CT molecular complexity index is 2870. The lowest BCUT2D eigenvalue weighted by molar-refractivity contribution is -0.155. The Morgan fingerprint density at radius 1 is 0.671 bits per heavy atom. The van der Waals surface area contributed by atoms with Crippen molar-refractivity contribution >= 4 is 48.0 Å². The number of nitrogens with zero attached hydrogens (tertiary/aromatic N) is 2. The molecule has 19 heteroatoms. The number of benzene rings is 4. The lowest BCUT2D eigenvalue weighted by Gasteiger charge is -2.26. The van der Waals surface area contributed by atoms with Crippen LogP contribution in [0, 0.1) is 23.7 Å². The van der Waals surface area contributed by atoms with Crippen molar-refractivity contribution in [1.29, 1.82) is 0 Å². The van der Waals surface area contributed by atoms with Crippen molar-refractivity contribution in [2.75, 3.05) is 80.5 Å². The van der Waals surface area contributed by atoms with E-state index in [0.29, 0.717) is 5.56 Å². The van der Waals surface area contributed by atoms with E-state index in [2.05, 4.69) is 73.1 Å². The van der Waals surface area contributed by atoms with Crippen LogP contribution in [0.3, 0.4) is 0 Å². The van der Waals surface area contributed by atoms with Gasteiger partial charge in [-0.25, -0.2) is 14.4 Å². The van der Waals surface area contributed by atoms with Crippen LogP contribution in [0.2, 0.25) is 0 Å². The number of aromatic carboxylic acids is 1. The molecule has 5 N–H and O–H groups in total. The van der Waals surface area contributed by atoms with Crippen molar-refractivity contribution < 1.29 is 68.1 Å². The molecule has 462 valence electrons. The molecule has 2 aliphatic rings. The number of alkyl carbamates (subject to hydrolysis) is 1. The number of carboxylic acid groups (broad SMARTS) is 1. The second kappa shape index (κ2) is 40.2. The molecule has 0 saturated carbocycles. The van der Waals surface area contributed by atoms with Crippen LogP contribution in [0.25, 0.3) is 12.2 Å². The number of esters is 3. The maximum Gasteiger partial charge on any atom is 0.407 e. The predicted octanol–water partition coefficient (Wildman–Crippen LogP) is 9.13. The third kappa shape index (κ3) is 31.9. The van der Waals surface area contributed by atoms with Crippen molar-refractivity contribution in [2.45, 2.75) is 106 Å². The first kappa shape index (κ1) is 72.9. The van der Waals surface area contributed by atoms with Crippen molar-refractivity contribution in [1.82, 2.24) is 20.4 Å². The van der Waals surface area contributed by atoms with Gasteiger partial charge in [-0.15, -0.1) is 0 Å². The van der Waals surface area contributed by atoms with Crippen molar-refractivity contribution in [3.8, 4) is 23.7 Å². The van der Waals surface area contributed by atoms with Crippen LogP contribution in [0.5, 0.6) is 0 Å². The van der Waals surface area contributed by atoms with Gasteiger partial charge >= 0.3 is 30.0 Å². The van der Waals surface area contributed by atoms with Crippen LogP contribution in [0.15, 0.2) is 109 Å². The number of carbonyl (C=O) groups excluding carboxylic acids is 5. The third-order valence-electron chi connectivity index (χ3n) is 11.6. The summed E-state index contributed by atoms with van der Waals surface area (Å²) in [5.74, 6) is 9.33. The first-order valence-electron chi connectivity index (χ1n) is 27.6. The van der Waals surface area contributed by atoms with Crippen LogP contribution in [0.4, 0.5) is 9.18 Å². The SMILES string of the molecule is C.C.COC(=O)[C@@H](N)CCC(=O)OC(C)(C)C.COC(=O)[C@H](CNC(=O)OC(C)(C)C)NC(=O)c1ccc(C=CC#Cc2ccc(CN3CCOCC3)cc2)cc1.O=C(O)c1ccc(C=CC#Cc2ccc(CN3CCOCC3)cc2)cc1.[2H]CF. The van der Waals surface area contributed by atoms with Crippen LogP contribution >= 0.6 is 0 Å². The maximum atomic E-state index is 12.7. The molecule has 0 spiro atoms. The highest BCUT2D eigenvalue weighted by molar-refractivity contribution is 5.97. The molecule has 18 nitrogen and oxygen atoms in total. The molecule has 2 atom stereocenters. The third-order valence-corrected chi connectivity index (χ3v) is 11.6. The number of carboxylic acids is 1. The van der Waals surface area contributed by atoms with Gasteiger partial charge in [-0.1, -0.05) is 87.1 Å². The fourth-order valence-corrected chi connectivity index (χ4v) is 7.44. The Morgan fingerprint density at radius 3 is 1.47 bits per heavy atom. The highest BCUT2D eigenvalue weighted by Crippen LogP contribution is 2.14. The zero-order valence-corrected chi connectivity index (χ0v) is 48.8. The van der Waals surface area contributed by atoms with Gasteiger partial charge in [-0.3, -0.25) is 28.6 Å². The molecule has 4 aromatic carbocycles. The fraction of sp³-hybridized carbons (Fsp3) is 0.424. The highest BCUT2D eigenvalue weighted by Gasteiger charge is 2.25. The van der Waals surface area contributed by atoms with E-state index in [0.717, 1.165) is 87.9 Å². The minimum atomic E-state index is -1.08. The van der Waals surface area contributed by atoms with Gasteiger partial charge in [0.05, 0.1) is 61.3 Å². The Hall–Kier alpha value is -8.17. The Balaban J connectivity index is 0.000000688. The van der Waals surface area contributed by atoms with E-state index in [1.807, 2.05) is 36.4 Å². The normalized spacial score (nSPS) is 13.9. The van der Waals surface area contributed by atoms with Crippen molar-refractivity contribution in [2.24, 2.45) is 5.73 Å². The summed E-state index contributed by atoms with van der Waals surface area (Å²) < 4.78 is 45.7. The second-order valence-corrected chi connectivity index (χ2v) is 20.6. The lowest BCUT2D eigenvalue weighted by Crippen LogP contribution is -2.49. The smallest absolute Gasteiger partial charge is 0.407 e. The summed E-state index contributed by atoms with van der Waals surface area (Å²) in [6, 6.07) is 28.3. The minimum Gasteiger partial charge on any atom is -0.478 e. The maximum absolute atomic E-state index is 12.7. The number of nitrogens with two attached hydrogens (primary N) is 1. The molecule has 2 saturated heterocycles. The summed E-state index contributed by atoms with van der Waals surface area (Å²) in [5, 5.41) is 13.9. The summed E-state index contributed by atoms with van der Waals surface area (Å²) in [4.78, 5) is 74.5. The average Bonchev–Trinajstić information content (AvgIpc) is 3.64. The van der Waals surface area contributed by atoms with E-state index in [1.54, 1.807) is 102 Å². The molecule has 2 amide bonds. The number of alkyl halides is 1. The number of hydrogen-bond acceptors (Lipinski definition) is 15. The van der Waals surface area contributed by atoms with E-state index in [1.165, 1.54) is 25.3 Å². The van der Waals surface area contributed by atoms with Crippen LogP contribution in [-0.2, 0) is 55.9 Å². The second-order valence-electron chi connectivity index (χ2n) is 20.6. The van der Waals surface area contributed by atoms with E-state index in [9.17, 15) is 33.2 Å². The topological polar surface area (TPSA) is 235 Å². The van der Waals surface area contributed by atoms with Gasteiger partial charge < -0.3 is 49.9 Å². The first-order chi connectivity index (χ1) is 40.0. The summed E-state index contributed by atoms with van der Waals surface area (Å²) in [7, 11) is 1.47. The number of halogens is 1. The zero-order valence-electron chi connectivity index (χ0n) is 49.8. The number of methoxy groups -OCH3 is 2. The first-order valence-corrected chi connectivity index (χ1v) is 26.8. The standard InChI is InChI=1S/C31H37N3O6.C22H21NO3.C10H19NO4.CH3F.2CH4/c1-31(2,3)40-30(37)32-21-27(29(36)38-4)33-28(35)26-15-13-24(14-16-26)8-6-5-7-23-9-11-25(12-10-23)22-34-17-19-39-20-18-34;24-22(25)21-11-9-19(10-12-21)4-2-1-3-18-5-7-20(8-6-18)17-23-13-15-26-16-14-23;1-10(2,3)15-8(12)6-5-7(11)9(13)14-4;1-2;;/h6,8-16,27H,17-22H2,1-4H3,(H,32,37)(H,33,35);2,4-12H,13-17H2,(H,24,25);7H,5-6,11H2,1-4H3;1H3;2*1H4/t27-;;7-;;;/m0.0.../s1/i;;;1D;;. The predicted molar refractivity (Wildman–Crippen MR) is 330 cm³/mol. The molecule has 2 aliphatic heterocycles. The van der Waals surface area contributed by atoms with Gasteiger partial charge in [-0.05, 0) is 143 Å². The Morgan fingerprint density at radius 2 is 1.08 bits per heavy atom. The van der Waals surface area contributed by atoms with Crippen LogP contribution in [0.1, 0.15) is 125 Å². The molecule has 4 aromatic rings. The van der Waals surface area contributed by atoms with Gasteiger partial charge in [-0.2, -0.15) is 0 Å². The van der Waals surface area contributed by atoms with Gasteiger partial charge in [0, 0.05) is 62.4 Å². The molecule has 2 heterocycles. The van der Waals surface area contributed by atoms with Crippen molar-refractivity contribution in [3.63, 3.8) is 0 Å². The Labute approximate surface area is 504 Å². The van der Waals surface area contributed by atoms with Crippen LogP contribution in [-0.4, -0.2) is 155 Å². The summed E-state index contributed by atoms with van der Waals surface area (Å²) in [6.07, 6.45) is 6.91. The minimum absolute atomic E-state index is 0. The number of ether oxygens (including phenoxy) is 6. The largest absolute Gasteiger partial charge is 0.478 e. The molecule has 2 fully saturated rings. The fourth-order valence-electron chi connectivity index (χ4n) is 7.44. The summed E-state index contributed by atoms with van der Waals surface area (Å²) >= 11 is 0. The molecule has 0 radical (unpaired) electrons. The van der Waals surface area contributed by atoms with Gasteiger partial charge in [0.1, 0.15) is 23.3 Å². The molecular formula is C66H88FN5O13. The molecule has 85 heavy (non-hydrogen) atoms. The van der Waals surface area contributed by atoms with Gasteiger partial charge in [0.2, 0.25) is 0 Å². The number of morpholine rings is 2. The number of hydrogen-bond donors (Lipinski definition) is 4. The van der Waals surface area contributed by atoms with Gasteiger partial charge in [0.15, 0.2) is 0 Å². The summed E-state index contributed by atoms with van der Waals surface area (Å²) in [5.41, 5.74) is 11.1. The monoisotopic (exact) mass is 1180 g/mol. The quantitative estimate of drug-likeness (QED) is 0.0465. The lowest BCUT2D eigenvalue weighted by atomic mass is 10.1. The number of rotatable bonds is 16. The number of allylic oxidation sites excluding steroid dienone is 2. The average molecular weight is 1180 g/mol. The number of amides is 2. The molecular weight excluding hydrogens is 1090 g/mol. The van der Waals surface area contributed by atoms with E-state index in [-0.39, 0.29) is 45.8 Å². The molecule has 6 rings (SSSR count). The number of carbonyl (C=O) groups is 6. The Kier molecular flexibility index (Phi) is 34.5.